The van der Waals surface area contributed by atoms with E-state index in [1.165, 1.54) is 0 Å². The topological polar surface area (TPSA) is 40.5 Å². The van der Waals surface area contributed by atoms with Gasteiger partial charge in [-0.05, 0) is 43.9 Å². The van der Waals surface area contributed by atoms with Crippen LogP contribution in [0.4, 0.5) is 0 Å². The third-order valence-electron chi connectivity index (χ3n) is 5.02. The Hall–Kier alpha value is -0.0800. The highest BCUT2D eigenvalue weighted by Crippen LogP contribution is 2.52. The Kier molecular flexibility index (Phi) is 4.07. The molecule has 1 aliphatic carbocycles. The first-order chi connectivity index (χ1) is 7.35. The molecule has 1 rings (SSSR count). The van der Waals surface area contributed by atoms with Gasteiger partial charge in [0, 0.05) is 5.41 Å². The van der Waals surface area contributed by atoms with E-state index in [4.69, 9.17) is 0 Å². The Morgan fingerprint density at radius 1 is 1.00 bits per heavy atom. The van der Waals surface area contributed by atoms with E-state index in [0.29, 0.717) is 5.41 Å². The molecule has 0 saturated heterocycles. The van der Waals surface area contributed by atoms with Crippen molar-refractivity contribution in [3.8, 4) is 0 Å². The highest BCUT2D eigenvalue weighted by atomic mass is 16.3. The van der Waals surface area contributed by atoms with E-state index in [1.807, 2.05) is 13.8 Å². The van der Waals surface area contributed by atoms with Gasteiger partial charge in [0.25, 0.3) is 0 Å². The van der Waals surface area contributed by atoms with Crippen molar-refractivity contribution < 1.29 is 10.2 Å². The van der Waals surface area contributed by atoms with Crippen LogP contribution in [0.15, 0.2) is 0 Å². The van der Waals surface area contributed by atoms with Gasteiger partial charge in [-0.1, -0.05) is 27.7 Å². The van der Waals surface area contributed by atoms with Crippen molar-refractivity contribution in [1.82, 2.24) is 0 Å². The molecule has 0 radical (unpaired) electrons. The minimum absolute atomic E-state index is 0.126. The molecular weight excluding hydrogens is 200 g/mol. The molecule has 1 aliphatic rings. The zero-order chi connectivity index (χ0) is 12.4. The number of aliphatic hydroxyl groups is 2. The van der Waals surface area contributed by atoms with Crippen LogP contribution < -0.4 is 0 Å². The molecule has 0 atom stereocenters. The van der Waals surface area contributed by atoms with E-state index in [2.05, 4.69) is 13.8 Å². The predicted octanol–water partition coefficient (Wildman–Crippen LogP) is 3.12. The summed E-state index contributed by atoms with van der Waals surface area (Å²) in [6.07, 6.45) is 5.60. The van der Waals surface area contributed by atoms with Gasteiger partial charge >= 0.3 is 0 Å². The molecule has 0 heterocycles. The second-order valence-electron chi connectivity index (χ2n) is 6.34. The van der Waals surface area contributed by atoms with E-state index >= 15 is 0 Å². The summed E-state index contributed by atoms with van der Waals surface area (Å²) in [6, 6.07) is 0. The molecule has 2 heteroatoms. The molecule has 96 valence electrons. The summed E-state index contributed by atoms with van der Waals surface area (Å²) in [6.45, 7) is 8.75. The van der Waals surface area contributed by atoms with E-state index < -0.39 is 5.60 Å². The highest BCUT2D eigenvalue weighted by molar-refractivity contribution is 5.01. The Labute approximate surface area is 100 Å². The van der Waals surface area contributed by atoms with Gasteiger partial charge in [0.1, 0.15) is 0 Å². The lowest BCUT2D eigenvalue weighted by Crippen LogP contribution is -2.52. The number of rotatable bonds is 4. The average molecular weight is 228 g/mol. The molecule has 0 aromatic carbocycles. The molecule has 0 spiro atoms. The molecule has 2 nitrogen and oxygen atoms in total. The standard InChI is InChI=1S/C14H28O2/c1-5-14(16,6-2)13(11-15)9-7-12(3,4)8-10-13/h15-16H,5-11H2,1-4H3. The van der Waals surface area contributed by atoms with Crippen LogP contribution in [0.25, 0.3) is 0 Å². The minimum Gasteiger partial charge on any atom is -0.396 e. The molecule has 0 unspecified atom stereocenters. The van der Waals surface area contributed by atoms with Crippen LogP contribution in [0.2, 0.25) is 0 Å². The summed E-state index contributed by atoms with van der Waals surface area (Å²) in [7, 11) is 0. The van der Waals surface area contributed by atoms with E-state index in [9.17, 15) is 10.2 Å². The van der Waals surface area contributed by atoms with Crippen molar-refractivity contribution in [2.75, 3.05) is 6.61 Å². The van der Waals surface area contributed by atoms with Crippen LogP contribution in [0.1, 0.15) is 66.2 Å². The molecule has 2 N–H and O–H groups in total. The second-order valence-corrected chi connectivity index (χ2v) is 6.34. The average Bonchev–Trinajstić information content (AvgIpc) is 2.29. The van der Waals surface area contributed by atoms with E-state index in [1.54, 1.807) is 0 Å². The molecule has 0 aromatic heterocycles. The van der Waals surface area contributed by atoms with Crippen molar-refractivity contribution in [3.63, 3.8) is 0 Å². The summed E-state index contributed by atoms with van der Waals surface area (Å²) in [5.41, 5.74) is -0.564. The van der Waals surface area contributed by atoms with E-state index in [0.717, 1.165) is 38.5 Å². The van der Waals surface area contributed by atoms with Crippen molar-refractivity contribution in [2.45, 2.75) is 71.8 Å². The highest BCUT2D eigenvalue weighted by Gasteiger charge is 2.50. The summed E-state index contributed by atoms with van der Waals surface area (Å²) < 4.78 is 0. The summed E-state index contributed by atoms with van der Waals surface area (Å²) >= 11 is 0. The second kappa shape index (κ2) is 4.66. The molecule has 0 aliphatic heterocycles. The quantitative estimate of drug-likeness (QED) is 0.776. The lowest BCUT2D eigenvalue weighted by molar-refractivity contribution is -0.143. The van der Waals surface area contributed by atoms with Crippen LogP contribution in [0, 0.1) is 10.8 Å². The van der Waals surface area contributed by atoms with Crippen LogP contribution >= 0.6 is 0 Å². The van der Waals surface area contributed by atoms with Gasteiger partial charge in [-0.15, -0.1) is 0 Å². The Morgan fingerprint density at radius 3 is 1.75 bits per heavy atom. The van der Waals surface area contributed by atoms with Gasteiger partial charge in [-0.2, -0.15) is 0 Å². The molecule has 0 amide bonds. The van der Waals surface area contributed by atoms with Gasteiger partial charge in [-0.25, -0.2) is 0 Å². The fourth-order valence-corrected chi connectivity index (χ4v) is 3.18. The first-order valence-electron chi connectivity index (χ1n) is 6.68. The fraction of sp³-hybridized carbons (Fsp3) is 1.00. The third kappa shape index (κ3) is 2.28. The normalized spacial score (nSPS) is 24.4. The summed E-state index contributed by atoms with van der Waals surface area (Å²) in [5, 5.41) is 20.5. The first kappa shape index (κ1) is 14.0. The van der Waals surface area contributed by atoms with Gasteiger partial charge in [0.05, 0.1) is 12.2 Å². The van der Waals surface area contributed by atoms with Gasteiger partial charge in [-0.3, -0.25) is 0 Å². The Bertz CT molecular complexity index is 219. The number of hydrogen-bond acceptors (Lipinski definition) is 2. The van der Waals surface area contributed by atoms with Gasteiger partial charge < -0.3 is 10.2 Å². The molecular formula is C14H28O2. The summed E-state index contributed by atoms with van der Waals surface area (Å²) in [4.78, 5) is 0. The lowest BCUT2D eigenvalue weighted by Gasteiger charge is -2.51. The van der Waals surface area contributed by atoms with Crippen molar-refractivity contribution >= 4 is 0 Å². The maximum atomic E-state index is 10.7. The van der Waals surface area contributed by atoms with Gasteiger partial charge in [0.15, 0.2) is 0 Å². The molecule has 1 fully saturated rings. The van der Waals surface area contributed by atoms with Crippen LogP contribution in [-0.2, 0) is 0 Å². The maximum absolute atomic E-state index is 10.7. The predicted molar refractivity (Wildman–Crippen MR) is 67.3 cm³/mol. The first-order valence-corrected chi connectivity index (χ1v) is 6.68. The lowest BCUT2D eigenvalue weighted by atomic mass is 9.57. The third-order valence-corrected chi connectivity index (χ3v) is 5.02. The number of aliphatic hydroxyl groups excluding tert-OH is 1. The van der Waals surface area contributed by atoms with Crippen molar-refractivity contribution in [2.24, 2.45) is 10.8 Å². The maximum Gasteiger partial charge on any atom is 0.0720 e. The fourth-order valence-electron chi connectivity index (χ4n) is 3.18. The molecule has 0 aromatic rings. The van der Waals surface area contributed by atoms with Crippen LogP contribution in [0.5, 0.6) is 0 Å². The SMILES string of the molecule is CCC(O)(CC)C1(CO)CCC(C)(C)CC1. The zero-order valence-corrected chi connectivity index (χ0v) is 11.3. The largest absolute Gasteiger partial charge is 0.396 e. The zero-order valence-electron chi connectivity index (χ0n) is 11.3. The molecule has 0 bridgehead atoms. The summed E-state index contributed by atoms with van der Waals surface area (Å²) in [5.74, 6) is 0. The van der Waals surface area contributed by atoms with Crippen LogP contribution in [0.3, 0.4) is 0 Å². The monoisotopic (exact) mass is 228 g/mol. The van der Waals surface area contributed by atoms with E-state index in [-0.39, 0.29) is 12.0 Å². The van der Waals surface area contributed by atoms with Crippen LogP contribution in [-0.4, -0.2) is 22.4 Å². The minimum atomic E-state index is -0.682. The Balaban J connectivity index is 2.88. The smallest absolute Gasteiger partial charge is 0.0720 e. The Morgan fingerprint density at radius 2 is 1.44 bits per heavy atom. The van der Waals surface area contributed by atoms with Crippen molar-refractivity contribution in [3.05, 3.63) is 0 Å². The van der Waals surface area contributed by atoms with Crippen molar-refractivity contribution in [1.29, 1.82) is 0 Å². The van der Waals surface area contributed by atoms with Gasteiger partial charge in [0.2, 0.25) is 0 Å². The molecule has 16 heavy (non-hydrogen) atoms. The number of hydrogen-bond donors (Lipinski definition) is 2. The molecule has 1 saturated carbocycles.